The summed E-state index contributed by atoms with van der Waals surface area (Å²) in [5, 5.41) is 10.1. The number of ether oxygens (including phenoxy) is 1. The zero-order chi connectivity index (χ0) is 15.4. The summed E-state index contributed by atoms with van der Waals surface area (Å²) in [5.41, 5.74) is 0. The van der Waals surface area contributed by atoms with Gasteiger partial charge in [-0.3, -0.25) is 9.69 Å². The highest BCUT2D eigenvalue weighted by molar-refractivity contribution is 5.75. The van der Waals surface area contributed by atoms with Crippen molar-refractivity contribution in [3.8, 4) is 5.88 Å². The molecule has 0 saturated carbocycles. The van der Waals surface area contributed by atoms with E-state index in [1.165, 1.54) is 0 Å². The van der Waals surface area contributed by atoms with E-state index >= 15 is 0 Å². The Morgan fingerprint density at radius 1 is 1.52 bits per heavy atom. The summed E-state index contributed by atoms with van der Waals surface area (Å²) < 4.78 is 5.07. The van der Waals surface area contributed by atoms with E-state index in [-0.39, 0.29) is 11.8 Å². The van der Waals surface area contributed by atoms with Crippen molar-refractivity contribution in [3.05, 3.63) is 18.1 Å². The molecule has 1 aromatic heterocycles. The highest BCUT2D eigenvalue weighted by Crippen LogP contribution is 2.22. The smallest absolute Gasteiger partial charge is 0.222 e. The number of methoxy groups -OCH3 is 1. The summed E-state index contributed by atoms with van der Waals surface area (Å²) >= 11 is 0. The van der Waals surface area contributed by atoms with Crippen LogP contribution in [0, 0.1) is 5.92 Å². The lowest BCUT2D eigenvalue weighted by atomic mass is 10.0. The van der Waals surface area contributed by atoms with Gasteiger partial charge in [-0.1, -0.05) is 0 Å². The second kappa shape index (κ2) is 6.82. The Hall–Kier alpha value is -1.73. The minimum Gasteiger partial charge on any atom is -0.481 e. The van der Waals surface area contributed by atoms with Crippen molar-refractivity contribution in [2.24, 2.45) is 5.92 Å². The van der Waals surface area contributed by atoms with Crippen LogP contribution in [0.3, 0.4) is 0 Å². The molecule has 0 unspecified atom stereocenters. The fourth-order valence-electron chi connectivity index (χ4n) is 2.45. The van der Waals surface area contributed by atoms with E-state index in [2.05, 4.69) is 14.9 Å². The van der Waals surface area contributed by atoms with Gasteiger partial charge in [0.2, 0.25) is 11.8 Å². The highest BCUT2D eigenvalue weighted by Gasteiger charge is 2.33. The number of aliphatic hydroxyl groups is 1. The zero-order valence-electron chi connectivity index (χ0n) is 12.7. The van der Waals surface area contributed by atoms with Crippen LogP contribution in [0.15, 0.2) is 12.3 Å². The summed E-state index contributed by atoms with van der Waals surface area (Å²) in [6.07, 6.45) is 1.53. The fourth-order valence-corrected chi connectivity index (χ4v) is 2.45. The third kappa shape index (κ3) is 4.12. The minimum absolute atomic E-state index is 0.0366. The van der Waals surface area contributed by atoms with E-state index in [0.717, 1.165) is 0 Å². The quantitative estimate of drug-likeness (QED) is 0.807. The van der Waals surface area contributed by atoms with Gasteiger partial charge in [0.1, 0.15) is 5.82 Å². The standard InChI is InChI=1S/C14H22N4O3/c1-17(2)14(20)6-10-7-18(8-11(10)19)9-12-15-5-4-13(16-12)21-3/h4-5,10-11,19H,6-9H2,1-3H3/t10-,11-/m1/s1. The maximum Gasteiger partial charge on any atom is 0.222 e. The van der Waals surface area contributed by atoms with Crippen molar-refractivity contribution < 1.29 is 14.6 Å². The van der Waals surface area contributed by atoms with Crippen molar-refractivity contribution >= 4 is 5.91 Å². The molecule has 1 aromatic rings. The summed E-state index contributed by atoms with van der Waals surface area (Å²) in [7, 11) is 5.02. The molecule has 1 saturated heterocycles. The van der Waals surface area contributed by atoms with Gasteiger partial charge in [0.15, 0.2) is 0 Å². The lowest BCUT2D eigenvalue weighted by Gasteiger charge is -2.16. The number of carbonyl (C=O) groups is 1. The molecule has 7 heteroatoms. The molecule has 1 aliphatic heterocycles. The molecule has 0 aromatic carbocycles. The number of aromatic nitrogens is 2. The normalized spacial score (nSPS) is 22.3. The number of hydrogen-bond acceptors (Lipinski definition) is 6. The summed E-state index contributed by atoms with van der Waals surface area (Å²) in [6, 6.07) is 1.70. The zero-order valence-corrected chi connectivity index (χ0v) is 12.7. The van der Waals surface area contributed by atoms with Crippen molar-refractivity contribution in [2.45, 2.75) is 19.1 Å². The van der Waals surface area contributed by atoms with E-state index in [4.69, 9.17) is 4.74 Å². The molecule has 1 amide bonds. The second-order valence-electron chi connectivity index (χ2n) is 5.53. The van der Waals surface area contributed by atoms with Gasteiger partial charge in [0.25, 0.3) is 0 Å². The van der Waals surface area contributed by atoms with Crippen LogP contribution in [0.25, 0.3) is 0 Å². The summed E-state index contributed by atoms with van der Waals surface area (Å²) in [5.74, 6) is 1.18. The monoisotopic (exact) mass is 294 g/mol. The molecular weight excluding hydrogens is 272 g/mol. The van der Waals surface area contributed by atoms with Crippen LogP contribution in [-0.2, 0) is 11.3 Å². The Bertz CT molecular complexity index is 495. The van der Waals surface area contributed by atoms with Crippen LogP contribution in [0.1, 0.15) is 12.2 Å². The third-order valence-corrected chi connectivity index (χ3v) is 3.67. The Kier molecular flexibility index (Phi) is 5.08. The van der Waals surface area contributed by atoms with Crippen LogP contribution >= 0.6 is 0 Å². The molecule has 0 bridgehead atoms. The molecule has 21 heavy (non-hydrogen) atoms. The molecule has 116 valence electrons. The fraction of sp³-hybridized carbons (Fsp3) is 0.643. The van der Waals surface area contributed by atoms with E-state index in [0.29, 0.717) is 37.8 Å². The van der Waals surface area contributed by atoms with Gasteiger partial charge >= 0.3 is 0 Å². The number of carbonyl (C=O) groups excluding carboxylic acids is 1. The van der Waals surface area contributed by atoms with E-state index in [9.17, 15) is 9.90 Å². The predicted octanol–water partition coefficient (Wildman–Crippen LogP) is -0.244. The van der Waals surface area contributed by atoms with Crippen molar-refractivity contribution in [1.29, 1.82) is 0 Å². The topological polar surface area (TPSA) is 78.8 Å². The lowest BCUT2D eigenvalue weighted by molar-refractivity contribution is -0.130. The van der Waals surface area contributed by atoms with Gasteiger partial charge in [0.05, 0.1) is 19.8 Å². The minimum atomic E-state index is -0.487. The summed E-state index contributed by atoms with van der Waals surface area (Å²) in [4.78, 5) is 23.8. The number of amides is 1. The van der Waals surface area contributed by atoms with Crippen LogP contribution in [-0.4, -0.2) is 71.2 Å². The first kappa shape index (κ1) is 15.7. The molecule has 1 fully saturated rings. The SMILES string of the molecule is COc1ccnc(CN2C[C@@H](CC(=O)N(C)C)[C@H](O)C2)n1. The molecule has 0 aliphatic carbocycles. The molecule has 2 atom stereocenters. The highest BCUT2D eigenvalue weighted by atomic mass is 16.5. The number of β-amino-alcohol motifs (C(OH)–C–C–N with tert-alkyl or cyclic N) is 1. The van der Waals surface area contributed by atoms with Crippen molar-refractivity contribution in [2.75, 3.05) is 34.3 Å². The van der Waals surface area contributed by atoms with Gasteiger partial charge in [-0.25, -0.2) is 4.98 Å². The van der Waals surface area contributed by atoms with Crippen LogP contribution < -0.4 is 4.74 Å². The van der Waals surface area contributed by atoms with Gasteiger partial charge < -0.3 is 14.7 Å². The molecule has 1 N–H and O–H groups in total. The molecule has 0 spiro atoms. The average molecular weight is 294 g/mol. The van der Waals surface area contributed by atoms with E-state index < -0.39 is 6.10 Å². The van der Waals surface area contributed by atoms with E-state index in [1.807, 2.05) is 0 Å². The van der Waals surface area contributed by atoms with Crippen molar-refractivity contribution in [3.63, 3.8) is 0 Å². The molecule has 1 aliphatic rings. The number of aliphatic hydroxyl groups excluding tert-OH is 1. The van der Waals surface area contributed by atoms with Gasteiger partial charge in [-0.2, -0.15) is 4.98 Å². The lowest BCUT2D eigenvalue weighted by Crippen LogP contribution is -2.28. The van der Waals surface area contributed by atoms with Crippen molar-refractivity contribution in [1.82, 2.24) is 19.8 Å². The molecule has 2 rings (SSSR count). The van der Waals surface area contributed by atoms with Crippen LogP contribution in [0.5, 0.6) is 5.88 Å². The Morgan fingerprint density at radius 2 is 2.29 bits per heavy atom. The second-order valence-corrected chi connectivity index (χ2v) is 5.53. The maximum absolute atomic E-state index is 11.7. The third-order valence-electron chi connectivity index (χ3n) is 3.67. The molecule has 2 heterocycles. The number of hydrogen-bond donors (Lipinski definition) is 1. The molecule has 0 radical (unpaired) electrons. The number of rotatable bonds is 5. The molecule has 7 nitrogen and oxygen atoms in total. The van der Waals surface area contributed by atoms with Crippen LogP contribution in [0.2, 0.25) is 0 Å². The number of nitrogens with zero attached hydrogens (tertiary/aromatic N) is 4. The maximum atomic E-state index is 11.7. The van der Waals surface area contributed by atoms with Gasteiger partial charge in [-0.05, 0) is 0 Å². The molecular formula is C14H22N4O3. The Labute approximate surface area is 124 Å². The Balaban J connectivity index is 1.92. The first-order valence-electron chi connectivity index (χ1n) is 6.96. The first-order valence-corrected chi connectivity index (χ1v) is 6.96. The predicted molar refractivity (Wildman–Crippen MR) is 76.7 cm³/mol. The number of likely N-dealkylation sites (tertiary alicyclic amines) is 1. The van der Waals surface area contributed by atoms with Gasteiger partial charge in [-0.15, -0.1) is 0 Å². The van der Waals surface area contributed by atoms with Gasteiger partial charge in [0, 0.05) is 51.8 Å². The van der Waals surface area contributed by atoms with E-state index in [1.54, 1.807) is 38.4 Å². The average Bonchev–Trinajstić information content (AvgIpc) is 2.78. The largest absolute Gasteiger partial charge is 0.481 e. The Morgan fingerprint density at radius 3 is 2.95 bits per heavy atom. The summed E-state index contributed by atoms with van der Waals surface area (Å²) in [6.45, 7) is 1.74. The first-order chi connectivity index (χ1) is 9.99. The van der Waals surface area contributed by atoms with Crippen LogP contribution in [0.4, 0.5) is 0 Å².